The molecule has 0 fully saturated rings. The zero-order valence-electron chi connectivity index (χ0n) is 14.4. The van der Waals surface area contributed by atoms with Crippen molar-refractivity contribution in [2.75, 3.05) is 0 Å². The van der Waals surface area contributed by atoms with Crippen LogP contribution >= 0.6 is 0 Å². The van der Waals surface area contributed by atoms with E-state index < -0.39 is 0 Å². The van der Waals surface area contributed by atoms with Gasteiger partial charge in [0, 0.05) is 0 Å². The summed E-state index contributed by atoms with van der Waals surface area (Å²) in [6.45, 7) is 4.34. The third-order valence-corrected chi connectivity index (χ3v) is 3.48. The molecule has 3 heteroatoms. The van der Waals surface area contributed by atoms with Crippen LogP contribution in [0.5, 0.6) is 11.5 Å². The molecule has 0 bridgehead atoms. The summed E-state index contributed by atoms with van der Waals surface area (Å²) < 4.78 is 0. The Hall–Kier alpha value is -1.04. The Kier molecular flexibility index (Phi) is 12.8. The van der Waals surface area contributed by atoms with Crippen molar-refractivity contribution in [1.82, 2.24) is 0 Å². The van der Waals surface area contributed by atoms with Crippen molar-refractivity contribution in [2.24, 2.45) is 0 Å². The first-order valence-electron chi connectivity index (χ1n) is 8.17. The van der Waals surface area contributed by atoms with Gasteiger partial charge in [-0.1, -0.05) is 75.2 Å². The third kappa shape index (κ3) is 10.4. The van der Waals surface area contributed by atoms with E-state index in [1.54, 1.807) is 24.3 Å². The third-order valence-electron chi connectivity index (χ3n) is 3.48. The average Bonchev–Trinajstić information content (AvgIpc) is 2.54. The fourth-order valence-electron chi connectivity index (χ4n) is 2.07. The van der Waals surface area contributed by atoms with Crippen molar-refractivity contribution in [2.45, 2.75) is 52.4 Å². The summed E-state index contributed by atoms with van der Waals surface area (Å²) in [5.74, 6) is 0.204. The zero-order valence-corrected chi connectivity index (χ0v) is 18.4. The second-order valence-corrected chi connectivity index (χ2v) is 5.50. The summed E-state index contributed by atoms with van der Waals surface area (Å²) in [5.41, 5.74) is 2.54. The van der Waals surface area contributed by atoms with Crippen molar-refractivity contribution in [3.63, 3.8) is 0 Å². The maximum absolute atomic E-state index is 10.7. The smallest absolute Gasteiger partial charge is 0.872 e. The minimum Gasteiger partial charge on any atom is -0.872 e. The van der Waals surface area contributed by atoms with Gasteiger partial charge in [-0.25, -0.2) is 0 Å². The molecule has 0 amide bonds. The number of unbranched alkanes of at least 4 members (excludes halogenated alkanes) is 2. The maximum Gasteiger partial charge on any atom is 2.00 e. The number of benzene rings is 2. The number of rotatable bonds is 6. The zero-order chi connectivity index (χ0) is 16.2. The van der Waals surface area contributed by atoms with E-state index in [0.717, 1.165) is 12.8 Å². The van der Waals surface area contributed by atoms with E-state index in [-0.39, 0.29) is 38.8 Å². The second kappa shape index (κ2) is 13.4. The molecule has 0 spiro atoms. The van der Waals surface area contributed by atoms with Crippen molar-refractivity contribution in [3.8, 4) is 11.5 Å². The Balaban J connectivity index is 0.000000403. The monoisotopic (exact) mass is 412 g/mol. The van der Waals surface area contributed by atoms with Crippen LogP contribution in [-0.2, 0) is 40.1 Å². The summed E-state index contributed by atoms with van der Waals surface area (Å²) in [6.07, 6.45) is 7.02. The van der Waals surface area contributed by atoms with Gasteiger partial charge in [0.1, 0.15) is 0 Å². The van der Waals surface area contributed by atoms with Crippen LogP contribution in [0.1, 0.15) is 50.7 Å². The Labute approximate surface area is 160 Å². The van der Waals surface area contributed by atoms with E-state index in [1.165, 1.54) is 36.8 Å². The minimum atomic E-state index is 0. The summed E-state index contributed by atoms with van der Waals surface area (Å²) in [4.78, 5) is 0. The van der Waals surface area contributed by atoms with E-state index in [1.807, 2.05) is 24.3 Å². The van der Waals surface area contributed by atoms with Crippen LogP contribution in [0.15, 0.2) is 48.5 Å². The molecule has 0 aromatic heterocycles. The molecule has 0 N–H and O–H groups in total. The van der Waals surface area contributed by atoms with Gasteiger partial charge in [0.05, 0.1) is 0 Å². The van der Waals surface area contributed by atoms with Crippen molar-refractivity contribution < 1.29 is 37.5 Å². The molecule has 0 heterocycles. The summed E-state index contributed by atoms with van der Waals surface area (Å²) >= 11 is 0. The van der Waals surface area contributed by atoms with Gasteiger partial charge in [0.25, 0.3) is 0 Å². The number of hydrogen-bond donors (Lipinski definition) is 0. The predicted octanol–water partition coefficient (Wildman–Crippen LogP) is 4.20. The van der Waals surface area contributed by atoms with Gasteiger partial charge in [-0.15, -0.1) is 11.5 Å². The van der Waals surface area contributed by atoms with Gasteiger partial charge in [0.2, 0.25) is 0 Å². The Morgan fingerprint density at radius 1 is 0.609 bits per heavy atom. The van der Waals surface area contributed by atoms with Crippen molar-refractivity contribution in [1.29, 1.82) is 0 Å². The molecule has 0 radical (unpaired) electrons. The Morgan fingerprint density at radius 2 is 0.913 bits per heavy atom. The Bertz CT molecular complexity index is 457. The van der Waals surface area contributed by atoms with Crippen LogP contribution in [0.3, 0.4) is 0 Å². The van der Waals surface area contributed by atoms with Gasteiger partial charge in [-0.2, -0.15) is 0 Å². The van der Waals surface area contributed by atoms with Gasteiger partial charge < -0.3 is 10.2 Å². The summed E-state index contributed by atoms with van der Waals surface area (Å²) in [6, 6.07) is 14.2. The van der Waals surface area contributed by atoms with Crippen molar-refractivity contribution in [3.05, 3.63) is 59.7 Å². The fraction of sp³-hybridized carbons (Fsp3) is 0.400. The molecule has 0 saturated carbocycles. The first-order chi connectivity index (χ1) is 10.7. The average molecular weight is 411 g/mol. The standard InChI is InChI=1S/2C10H14O.Cd/c2*1-2-3-4-9-5-7-10(11)8-6-9;/h2*5-8,11H,2-4H2,1H3;/q;;+2/p-2. The molecule has 0 aliphatic rings. The Morgan fingerprint density at radius 3 is 1.17 bits per heavy atom. The van der Waals surface area contributed by atoms with Crippen LogP contribution in [0.4, 0.5) is 0 Å². The van der Waals surface area contributed by atoms with Crippen LogP contribution in [0.25, 0.3) is 0 Å². The van der Waals surface area contributed by atoms with Gasteiger partial charge >= 0.3 is 27.3 Å². The van der Waals surface area contributed by atoms with Crippen LogP contribution in [0, 0.1) is 0 Å². The fourth-order valence-corrected chi connectivity index (χ4v) is 2.07. The number of aryl methyl sites for hydroxylation is 2. The molecule has 23 heavy (non-hydrogen) atoms. The predicted molar refractivity (Wildman–Crippen MR) is 89.0 cm³/mol. The van der Waals surface area contributed by atoms with E-state index in [0.29, 0.717) is 0 Å². The van der Waals surface area contributed by atoms with E-state index in [4.69, 9.17) is 0 Å². The minimum absolute atomic E-state index is 0. The SMILES string of the molecule is CCCCc1ccc([O-])cc1.CCCCc1ccc([O-])cc1.[Cd+2]. The second-order valence-electron chi connectivity index (χ2n) is 5.50. The normalized spacial score (nSPS) is 9.48. The first-order valence-corrected chi connectivity index (χ1v) is 8.17. The topological polar surface area (TPSA) is 46.1 Å². The maximum atomic E-state index is 10.7. The quantitative estimate of drug-likeness (QED) is 0.670. The summed E-state index contributed by atoms with van der Waals surface area (Å²) in [7, 11) is 0. The van der Waals surface area contributed by atoms with Gasteiger partial charge in [-0.3, -0.25) is 0 Å². The van der Waals surface area contributed by atoms with E-state index in [2.05, 4.69) is 13.8 Å². The van der Waals surface area contributed by atoms with Gasteiger partial charge in [-0.05, 0) is 36.8 Å². The first kappa shape index (κ1) is 22.0. The van der Waals surface area contributed by atoms with Gasteiger partial charge in [0.15, 0.2) is 0 Å². The van der Waals surface area contributed by atoms with E-state index >= 15 is 0 Å². The van der Waals surface area contributed by atoms with E-state index in [9.17, 15) is 10.2 Å². The molecule has 2 aromatic rings. The molecule has 0 aliphatic heterocycles. The largest absolute Gasteiger partial charge is 2.00 e. The molecule has 0 saturated heterocycles. The molecular weight excluding hydrogens is 385 g/mol. The molecule has 2 aromatic carbocycles. The molecular formula is C20H26CdO2. The molecule has 2 rings (SSSR count). The number of hydrogen-bond acceptors (Lipinski definition) is 2. The molecule has 0 unspecified atom stereocenters. The molecule has 0 atom stereocenters. The molecule has 120 valence electrons. The van der Waals surface area contributed by atoms with Crippen molar-refractivity contribution >= 4 is 0 Å². The summed E-state index contributed by atoms with van der Waals surface area (Å²) in [5, 5.41) is 21.4. The van der Waals surface area contributed by atoms with Crippen LogP contribution in [0.2, 0.25) is 0 Å². The van der Waals surface area contributed by atoms with Crippen LogP contribution < -0.4 is 10.2 Å². The molecule has 0 aliphatic carbocycles. The van der Waals surface area contributed by atoms with Crippen LogP contribution in [-0.4, -0.2) is 0 Å². The molecule has 2 nitrogen and oxygen atoms in total.